The summed E-state index contributed by atoms with van der Waals surface area (Å²) in [5.74, 6) is -2.03. The smallest absolute Gasteiger partial charge is 0.464 e. The van der Waals surface area contributed by atoms with Gasteiger partial charge in [0, 0.05) is 12.1 Å². The van der Waals surface area contributed by atoms with Gasteiger partial charge in [-0.1, -0.05) is 11.6 Å². The van der Waals surface area contributed by atoms with Gasteiger partial charge in [-0.3, -0.25) is 19.8 Å². The highest BCUT2D eigenvalue weighted by atomic mass is 35.5. The molecule has 1 saturated heterocycles. The number of carbonyl (C=O) groups is 3. The zero-order valence-electron chi connectivity index (χ0n) is 16.8. The van der Waals surface area contributed by atoms with Crippen LogP contribution in [0.1, 0.15) is 26.3 Å². The zero-order chi connectivity index (χ0) is 22.6. The minimum absolute atomic E-state index is 0.0479. The van der Waals surface area contributed by atoms with Crippen LogP contribution in [0.2, 0.25) is 0 Å². The highest BCUT2D eigenvalue weighted by Crippen LogP contribution is 2.38. The highest BCUT2D eigenvalue weighted by molar-refractivity contribution is 6.26. The Balaban J connectivity index is 1.93. The van der Waals surface area contributed by atoms with E-state index in [9.17, 15) is 24.5 Å². The third-order valence-corrected chi connectivity index (χ3v) is 4.92. The normalized spacial score (nSPS) is 18.7. The molecule has 0 saturated carbocycles. The van der Waals surface area contributed by atoms with Gasteiger partial charge in [0.1, 0.15) is 29.8 Å². The second kappa shape index (κ2) is 9.57. The maximum absolute atomic E-state index is 12.5. The monoisotopic (exact) mass is 440 g/mol. The lowest BCUT2D eigenvalue weighted by Gasteiger charge is -2.45. The third-order valence-electron chi connectivity index (χ3n) is 4.45. The average molecular weight is 441 g/mol. The number of nitro benzene ring substituents is 1. The molecule has 0 radical (unpaired) electrons. The molecule has 1 aromatic rings. The summed E-state index contributed by atoms with van der Waals surface area (Å²) in [4.78, 5) is 47.6. The Kier molecular flexibility index (Phi) is 7.38. The van der Waals surface area contributed by atoms with E-state index in [1.807, 2.05) is 0 Å². The summed E-state index contributed by atoms with van der Waals surface area (Å²) in [6.07, 6.45) is -1.93. The lowest BCUT2D eigenvalue weighted by Crippen LogP contribution is -2.62. The molecule has 162 valence electrons. The maximum atomic E-state index is 12.5. The van der Waals surface area contributed by atoms with Crippen molar-refractivity contribution in [3.63, 3.8) is 0 Å². The largest absolute Gasteiger partial charge is 0.508 e. The molecule has 1 aromatic carbocycles. The number of methoxy groups -OCH3 is 1. The van der Waals surface area contributed by atoms with Gasteiger partial charge in [0.15, 0.2) is 0 Å². The second-order valence-corrected chi connectivity index (χ2v) is 7.18. The Hall–Kier alpha value is -3.14. The predicted molar refractivity (Wildman–Crippen MR) is 104 cm³/mol. The summed E-state index contributed by atoms with van der Waals surface area (Å²) in [5.41, 5.74) is 0.137. The summed E-state index contributed by atoms with van der Waals surface area (Å²) < 4.78 is 14.8. The van der Waals surface area contributed by atoms with Gasteiger partial charge >= 0.3 is 12.1 Å². The molecular formula is C19H21ClN2O8. The number of carbonyl (C=O) groups excluding carboxylic acids is 3. The van der Waals surface area contributed by atoms with Crippen molar-refractivity contribution in [3.05, 3.63) is 51.2 Å². The summed E-state index contributed by atoms with van der Waals surface area (Å²) in [7, 11) is 1.20. The van der Waals surface area contributed by atoms with Gasteiger partial charge < -0.3 is 14.2 Å². The van der Waals surface area contributed by atoms with Gasteiger partial charge in [-0.05, 0) is 44.0 Å². The van der Waals surface area contributed by atoms with Crippen molar-refractivity contribution < 1.29 is 33.5 Å². The van der Waals surface area contributed by atoms with E-state index in [2.05, 4.69) is 4.74 Å². The molecule has 0 aromatic heterocycles. The minimum atomic E-state index is -1.02. The number of benzene rings is 1. The number of alkyl halides is 1. The summed E-state index contributed by atoms with van der Waals surface area (Å²) in [6.45, 7) is 4.61. The molecule has 1 amide bonds. The standard InChI is InChI=1S/C19H21ClN2O8/c1-10(2)15(18(24)28-4)21-16(20)14(17(21)23)11(3)30-19(25)29-9-12-5-7-13(8-6-12)22(26)27/h5-8,11,14,16H,9H2,1-4H3/t11-,14+,16+/m0/s1. The van der Waals surface area contributed by atoms with E-state index in [-0.39, 0.29) is 18.0 Å². The first-order valence-corrected chi connectivity index (χ1v) is 9.31. The fourth-order valence-electron chi connectivity index (χ4n) is 2.89. The van der Waals surface area contributed by atoms with Crippen LogP contribution in [0.4, 0.5) is 10.5 Å². The Morgan fingerprint density at radius 2 is 1.87 bits per heavy atom. The first kappa shape index (κ1) is 23.1. The van der Waals surface area contributed by atoms with Crippen molar-refractivity contribution in [1.82, 2.24) is 4.90 Å². The first-order valence-electron chi connectivity index (χ1n) is 8.88. The van der Waals surface area contributed by atoms with Crippen molar-refractivity contribution >= 4 is 35.3 Å². The van der Waals surface area contributed by atoms with Crippen LogP contribution in [-0.4, -0.2) is 46.6 Å². The van der Waals surface area contributed by atoms with Gasteiger partial charge in [0.25, 0.3) is 5.69 Å². The van der Waals surface area contributed by atoms with Crippen molar-refractivity contribution in [2.45, 2.75) is 39.0 Å². The van der Waals surface area contributed by atoms with Crippen LogP contribution in [0.15, 0.2) is 35.5 Å². The van der Waals surface area contributed by atoms with Crippen LogP contribution >= 0.6 is 11.6 Å². The molecule has 0 bridgehead atoms. The molecule has 1 heterocycles. The summed E-state index contributed by atoms with van der Waals surface area (Å²) in [6, 6.07) is 5.47. The summed E-state index contributed by atoms with van der Waals surface area (Å²) >= 11 is 6.28. The molecule has 2 rings (SSSR count). The van der Waals surface area contributed by atoms with Gasteiger partial charge in [-0.2, -0.15) is 0 Å². The van der Waals surface area contributed by atoms with Crippen LogP contribution in [0.3, 0.4) is 0 Å². The minimum Gasteiger partial charge on any atom is -0.464 e. The number of nitrogens with zero attached hydrogens (tertiary/aromatic N) is 2. The molecular weight excluding hydrogens is 420 g/mol. The number of nitro groups is 1. The van der Waals surface area contributed by atoms with Gasteiger partial charge in [-0.25, -0.2) is 9.59 Å². The van der Waals surface area contributed by atoms with Crippen LogP contribution in [0.5, 0.6) is 0 Å². The molecule has 1 aliphatic rings. The molecule has 1 aliphatic heterocycles. The maximum Gasteiger partial charge on any atom is 0.508 e. The number of halogens is 1. The number of ether oxygens (including phenoxy) is 3. The van der Waals surface area contributed by atoms with Crippen LogP contribution in [-0.2, 0) is 30.4 Å². The van der Waals surface area contributed by atoms with Gasteiger partial charge in [0.05, 0.1) is 12.0 Å². The van der Waals surface area contributed by atoms with Crippen LogP contribution in [0.25, 0.3) is 0 Å². The molecule has 0 N–H and O–H groups in total. The lowest BCUT2D eigenvalue weighted by atomic mass is 9.91. The third kappa shape index (κ3) is 4.88. The fraction of sp³-hybridized carbons (Fsp3) is 0.421. The number of esters is 1. The number of β-lactam (4-membered cyclic amide) rings is 1. The molecule has 0 aliphatic carbocycles. The van der Waals surface area contributed by atoms with Crippen molar-refractivity contribution in [2.24, 2.45) is 5.92 Å². The average Bonchev–Trinajstić information content (AvgIpc) is 2.69. The van der Waals surface area contributed by atoms with Crippen molar-refractivity contribution in [3.8, 4) is 0 Å². The quantitative estimate of drug-likeness (QED) is 0.120. The zero-order valence-corrected chi connectivity index (χ0v) is 17.5. The van der Waals surface area contributed by atoms with E-state index < -0.39 is 40.5 Å². The van der Waals surface area contributed by atoms with Gasteiger partial charge in [-0.15, -0.1) is 0 Å². The van der Waals surface area contributed by atoms with E-state index >= 15 is 0 Å². The number of allylic oxidation sites excluding steroid dienone is 1. The Morgan fingerprint density at radius 1 is 1.27 bits per heavy atom. The van der Waals surface area contributed by atoms with E-state index in [1.165, 1.54) is 38.3 Å². The van der Waals surface area contributed by atoms with Crippen LogP contribution < -0.4 is 0 Å². The van der Waals surface area contributed by atoms with Gasteiger partial charge in [0.2, 0.25) is 5.91 Å². The number of likely N-dealkylation sites (tertiary alicyclic amines) is 1. The predicted octanol–water partition coefficient (Wildman–Crippen LogP) is 3.13. The number of rotatable bonds is 7. The summed E-state index contributed by atoms with van der Waals surface area (Å²) in [5, 5.41) is 10.6. The highest BCUT2D eigenvalue weighted by Gasteiger charge is 2.53. The van der Waals surface area contributed by atoms with E-state index in [0.29, 0.717) is 11.1 Å². The SMILES string of the molecule is COC(=O)C(=C(C)C)N1C(=O)[C@H]([C@H](C)OC(=O)OCc2ccc([N+](=O)[O-])cc2)[C@@H]1Cl. The molecule has 1 fully saturated rings. The van der Waals surface area contributed by atoms with E-state index in [0.717, 1.165) is 4.90 Å². The molecule has 11 heteroatoms. The lowest BCUT2D eigenvalue weighted by molar-refractivity contribution is -0.384. The molecule has 0 unspecified atom stereocenters. The van der Waals surface area contributed by atoms with Crippen LogP contribution in [0, 0.1) is 16.0 Å². The molecule has 3 atom stereocenters. The van der Waals surface area contributed by atoms with E-state index in [1.54, 1.807) is 13.8 Å². The Bertz CT molecular complexity index is 879. The van der Waals surface area contributed by atoms with Crippen molar-refractivity contribution in [2.75, 3.05) is 7.11 Å². The first-order chi connectivity index (χ1) is 14.1. The number of hydrogen-bond donors (Lipinski definition) is 0. The number of non-ortho nitro benzene ring substituents is 1. The fourth-order valence-corrected chi connectivity index (χ4v) is 3.40. The molecule has 10 nitrogen and oxygen atoms in total. The second-order valence-electron chi connectivity index (χ2n) is 6.73. The molecule has 0 spiro atoms. The van der Waals surface area contributed by atoms with E-state index in [4.69, 9.17) is 21.1 Å². The molecule has 30 heavy (non-hydrogen) atoms. The Morgan fingerprint density at radius 3 is 2.33 bits per heavy atom. The van der Waals surface area contributed by atoms with Crippen molar-refractivity contribution in [1.29, 1.82) is 0 Å². The topological polar surface area (TPSA) is 125 Å². The Labute approximate surface area is 177 Å². The number of hydrogen-bond acceptors (Lipinski definition) is 8. The number of amides is 1.